The highest BCUT2D eigenvalue weighted by molar-refractivity contribution is 7.15. The van der Waals surface area contributed by atoms with Crippen LogP contribution in [0.1, 0.15) is 102 Å². The number of nitrogens with one attached hydrogen (secondary N) is 7. The number of carbonyl (C=O) groups excluding carboxylic acids is 7. The van der Waals surface area contributed by atoms with Crippen molar-refractivity contribution in [3.05, 3.63) is 35.9 Å². The van der Waals surface area contributed by atoms with E-state index in [0.29, 0.717) is 37.8 Å². The Hall–Kier alpha value is -4.10. The van der Waals surface area contributed by atoms with E-state index < -0.39 is 66.4 Å². The van der Waals surface area contributed by atoms with Crippen molar-refractivity contribution in [3.63, 3.8) is 0 Å². The summed E-state index contributed by atoms with van der Waals surface area (Å²) in [6.07, 6.45) is 5.26. The zero-order valence-corrected chi connectivity index (χ0v) is 30.5. The topological polar surface area (TPSA) is 224 Å². The number of carbonyl (C=O) groups is 7. The molecule has 2 fully saturated rings. The van der Waals surface area contributed by atoms with Gasteiger partial charge in [0.05, 0.1) is 12.6 Å². The second-order valence-corrected chi connectivity index (χ2v) is 13.5. The Morgan fingerprint density at radius 2 is 1.55 bits per heavy atom. The van der Waals surface area contributed by atoms with Crippen molar-refractivity contribution in [1.29, 1.82) is 0 Å². The maximum absolute atomic E-state index is 13.7. The lowest BCUT2D eigenvalue weighted by atomic mass is 9.83. The highest BCUT2D eigenvalue weighted by Gasteiger charge is 2.35. The van der Waals surface area contributed by atoms with E-state index in [4.69, 9.17) is 0 Å². The number of aliphatic hydroxyl groups excluding tert-OH is 1. The lowest BCUT2D eigenvalue weighted by molar-refractivity contribution is -0.136. The fourth-order valence-corrected chi connectivity index (χ4v) is 6.61. The van der Waals surface area contributed by atoms with Gasteiger partial charge < -0.3 is 42.1 Å². The highest BCUT2D eigenvalue weighted by atomic mass is 31.0. The molecule has 282 valence electrons. The molecule has 1 aliphatic heterocycles. The van der Waals surface area contributed by atoms with E-state index in [0.717, 1.165) is 32.1 Å². The molecule has 3 unspecified atom stereocenters. The second kappa shape index (κ2) is 22.0. The summed E-state index contributed by atoms with van der Waals surface area (Å²) in [5.74, 6) is -3.76. The third-order valence-electron chi connectivity index (χ3n) is 9.25. The average molecular weight is 732 g/mol. The van der Waals surface area contributed by atoms with E-state index in [-0.39, 0.29) is 43.4 Å². The molecule has 15 nitrogen and oxygen atoms in total. The van der Waals surface area contributed by atoms with Crippen LogP contribution in [0, 0.1) is 5.92 Å². The molecular formula is C35H54N7O8P. The van der Waals surface area contributed by atoms with Crippen LogP contribution in [0.25, 0.3) is 0 Å². The van der Waals surface area contributed by atoms with E-state index >= 15 is 0 Å². The predicted molar refractivity (Wildman–Crippen MR) is 192 cm³/mol. The first-order chi connectivity index (χ1) is 24.5. The summed E-state index contributed by atoms with van der Waals surface area (Å²) in [5.41, 5.74) is 0.528. The molecule has 0 spiro atoms. The summed E-state index contributed by atoms with van der Waals surface area (Å²) < 4.78 is 0. The number of hydrogen-bond donors (Lipinski definition) is 8. The van der Waals surface area contributed by atoms with Gasteiger partial charge in [0.2, 0.25) is 35.4 Å². The predicted octanol–water partition coefficient (Wildman–Crippen LogP) is 0.533. The van der Waals surface area contributed by atoms with Gasteiger partial charge in [-0.1, -0.05) is 62.9 Å². The number of hydrogen-bond acceptors (Lipinski definition) is 8. The third-order valence-corrected chi connectivity index (χ3v) is 9.53. The molecule has 1 saturated heterocycles. The molecule has 0 radical (unpaired) electrons. The summed E-state index contributed by atoms with van der Waals surface area (Å²) in [5, 5.41) is 29.6. The first-order valence-corrected chi connectivity index (χ1v) is 18.6. The molecule has 8 N–H and O–H groups in total. The van der Waals surface area contributed by atoms with Gasteiger partial charge in [0.25, 0.3) is 5.91 Å². The minimum Gasteiger partial charge on any atom is -0.381 e. The van der Waals surface area contributed by atoms with Crippen molar-refractivity contribution in [2.45, 2.75) is 121 Å². The Labute approximate surface area is 301 Å². The van der Waals surface area contributed by atoms with Crippen molar-refractivity contribution in [2.24, 2.45) is 5.92 Å². The first kappa shape index (κ1) is 41.3. The Morgan fingerprint density at radius 3 is 2.24 bits per heavy atom. The summed E-state index contributed by atoms with van der Waals surface area (Å²) in [6.45, 7) is 1.65. The van der Waals surface area contributed by atoms with Crippen LogP contribution in [-0.2, 0) is 33.6 Å². The largest absolute Gasteiger partial charge is 0.381 e. The zero-order valence-electron chi connectivity index (χ0n) is 29.3. The molecule has 1 aromatic carbocycles. The van der Waals surface area contributed by atoms with Crippen LogP contribution in [0.3, 0.4) is 0 Å². The molecule has 0 bridgehead atoms. The van der Waals surface area contributed by atoms with Gasteiger partial charge in [-0.05, 0) is 65.8 Å². The fourth-order valence-electron chi connectivity index (χ4n) is 6.44. The van der Waals surface area contributed by atoms with Gasteiger partial charge in [-0.25, -0.2) is 0 Å². The van der Waals surface area contributed by atoms with Crippen molar-refractivity contribution >= 4 is 50.7 Å². The lowest BCUT2D eigenvalue weighted by Crippen LogP contribution is -2.59. The molecular weight excluding hydrogens is 677 g/mol. The van der Waals surface area contributed by atoms with E-state index in [9.17, 15) is 38.7 Å². The van der Waals surface area contributed by atoms with E-state index in [1.54, 1.807) is 30.3 Å². The van der Waals surface area contributed by atoms with Gasteiger partial charge in [-0.15, -0.1) is 0 Å². The van der Waals surface area contributed by atoms with Gasteiger partial charge in [0, 0.05) is 19.4 Å². The molecule has 1 saturated carbocycles. The Kier molecular flexibility index (Phi) is 17.8. The molecule has 2 aliphatic rings. The molecule has 1 aliphatic carbocycles. The van der Waals surface area contributed by atoms with Crippen LogP contribution in [0.4, 0.5) is 0 Å². The van der Waals surface area contributed by atoms with Crippen molar-refractivity contribution < 1.29 is 38.7 Å². The second-order valence-electron chi connectivity index (χ2n) is 13.2. The van der Waals surface area contributed by atoms with Crippen LogP contribution >= 0.6 is 9.39 Å². The minimum atomic E-state index is -1.73. The van der Waals surface area contributed by atoms with Gasteiger partial charge in [0.15, 0.2) is 6.10 Å². The molecule has 0 aromatic heterocycles. The van der Waals surface area contributed by atoms with Crippen molar-refractivity contribution in [2.75, 3.05) is 13.1 Å². The normalized spacial score (nSPS) is 21.5. The number of benzene rings is 1. The summed E-state index contributed by atoms with van der Waals surface area (Å²) in [6, 6.07) is 4.58. The maximum atomic E-state index is 13.7. The van der Waals surface area contributed by atoms with Gasteiger partial charge in [0.1, 0.15) is 18.1 Å². The summed E-state index contributed by atoms with van der Waals surface area (Å²) in [4.78, 5) is 90.7. The number of aliphatic hydroxyl groups is 1. The van der Waals surface area contributed by atoms with E-state index in [2.05, 4.69) is 46.4 Å². The lowest BCUT2D eigenvalue weighted by Gasteiger charge is -2.32. The van der Waals surface area contributed by atoms with E-state index in [1.165, 1.54) is 0 Å². The maximum Gasteiger partial charge on any atom is 0.251 e. The fraction of sp³-hybridized carbons (Fsp3) is 0.629. The summed E-state index contributed by atoms with van der Waals surface area (Å²) in [7, 11) is 2.08. The molecule has 1 aromatic rings. The number of amides is 7. The molecule has 16 heteroatoms. The van der Waals surface area contributed by atoms with Gasteiger partial charge >= 0.3 is 0 Å². The average Bonchev–Trinajstić information content (AvgIpc) is 3.14. The molecule has 51 heavy (non-hydrogen) atoms. The molecule has 7 amide bonds. The monoisotopic (exact) mass is 731 g/mol. The van der Waals surface area contributed by atoms with Crippen LogP contribution in [-0.4, -0.2) is 83.8 Å². The van der Waals surface area contributed by atoms with Crippen LogP contribution < -0.4 is 37.0 Å². The standard InChI is InChI=1S/C35H54N7O8P/c1-2-12-24(31(46)35(50)37-21-28(45)41-30(34(49)42-51)23-15-7-4-8-16-23)38-32(47)25-17-9-10-20-36-26(43)18-11-19-27(44)40-29(33(48)39-25)22-13-5-3-6-14-22/h4,7-8,15-16,22,24-25,29-31,46H,2-3,5-6,9-14,17-21,51H2,1H3,(H,36,43)(H,37,50)(H,38,47)(H,39,48)(H,40,44)(H,41,45)(H,42,49)/t24?,25-,29-,30-,31?/m0/s1. The number of rotatable bonds is 12. The third kappa shape index (κ3) is 13.9. The molecule has 6 atom stereocenters. The quantitative estimate of drug-likeness (QED) is 0.141. The van der Waals surface area contributed by atoms with Crippen molar-refractivity contribution in [1.82, 2.24) is 37.0 Å². The molecule has 3 rings (SSSR count). The van der Waals surface area contributed by atoms with Crippen LogP contribution in [0.15, 0.2) is 30.3 Å². The van der Waals surface area contributed by atoms with Crippen molar-refractivity contribution in [3.8, 4) is 0 Å². The Bertz CT molecular complexity index is 1340. The van der Waals surface area contributed by atoms with E-state index in [1.807, 2.05) is 6.92 Å². The SMILES string of the molecule is CCCC(NC(=O)[C@@H]1CCCCNC(=O)CCCC(=O)N[C@@H](C2CCCCC2)C(=O)N1)C(O)C(=O)NCC(=O)N[C@H](C(=O)NP)c1ccccc1. The zero-order chi connectivity index (χ0) is 37.2. The summed E-state index contributed by atoms with van der Waals surface area (Å²) >= 11 is 0. The van der Waals surface area contributed by atoms with Gasteiger partial charge in [-0.3, -0.25) is 33.6 Å². The Morgan fingerprint density at radius 1 is 0.863 bits per heavy atom. The highest BCUT2D eigenvalue weighted by Crippen LogP contribution is 2.27. The van der Waals surface area contributed by atoms with Crippen LogP contribution in [0.5, 0.6) is 0 Å². The minimum absolute atomic E-state index is 0.0922. The molecule has 1 heterocycles. The first-order valence-electron chi connectivity index (χ1n) is 18.0. The Balaban J connectivity index is 1.69. The van der Waals surface area contributed by atoms with Gasteiger partial charge in [-0.2, -0.15) is 0 Å². The smallest absolute Gasteiger partial charge is 0.251 e. The van der Waals surface area contributed by atoms with Crippen LogP contribution in [0.2, 0.25) is 0 Å².